The molecule has 0 unspecified atom stereocenters. The van der Waals surface area contributed by atoms with Crippen LogP contribution in [0.1, 0.15) is 27.7 Å². The van der Waals surface area contributed by atoms with Gasteiger partial charge in [-0.25, -0.2) is 9.77 Å². The van der Waals surface area contributed by atoms with Crippen LogP contribution in [-0.2, 0) is 14.1 Å². The van der Waals surface area contributed by atoms with Crippen LogP contribution in [0.5, 0.6) is 11.5 Å². The van der Waals surface area contributed by atoms with Crippen molar-refractivity contribution in [2.75, 3.05) is 6.61 Å². The van der Waals surface area contributed by atoms with Gasteiger partial charge in [-0.15, -0.1) is 0 Å². The summed E-state index contributed by atoms with van der Waals surface area (Å²) in [6, 6.07) is 16.9. The van der Waals surface area contributed by atoms with Gasteiger partial charge in [-0.3, -0.25) is 4.79 Å². The first-order chi connectivity index (χ1) is 16.0. The number of rotatable bonds is 9. The fraction of sp³-hybridized carbons (Fsp3) is 0.292. The van der Waals surface area contributed by atoms with Gasteiger partial charge in [0.1, 0.15) is 17.5 Å². The van der Waals surface area contributed by atoms with E-state index in [-0.39, 0.29) is 28.4 Å². The number of fused-ring (bicyclic) bond motifs is 1. The average molecular weight is 487 g/mol. The number of carbonyl (C=O) groups excluding carboxylic acids is 1. The van der Waals surface area contributed by atoms with Crippen molar-refractivity contribution in [3.63, 3.8) is 0 Å². The number of nitrogens with zero attached hydrogens (tertiary/aromatic N) is 1. The summed E-state index contributed by atoms with van der Waals surface area (Å²) in [5.41, 5.74) is -0.275. The van der Waals surface area contributed by atoms with Gasteiger partial charge >= 0.3 is 19.4 Å². The second-order valence-corrected chi connectivity index (χ2v) is 10.6. The van der Waals surface area contributed by atoms with Crippen LogP contribution in [0, 0.1) is 10.3 Å². The van der Waals surface area contributed by atoms with E-state index in [1.165, 1.54) is 31.2 Å². The van der Waals surface area contributed by atoms with Gasteiger partial charge in [0.2, 0.25) is 0 Å². The zero-order valence-corrected chi connectivity index (χ0v) is 20.3. The molecule has 9 nitrogen and oxygen atoms in total. The van der Waals surface area contributed by atoms with E-state index in [2.05, 4.69) is 5.09 Å². The van der Waals surface area contributed by atoms with Crippen LogP contribution >= 0.6 is 7.75 Å². The summed E-state index contributed by atoms with van der Waals surface area (Å²) in [7, 11) is -4.19. The Balaban J connectivity index is 1.89. The monoisotopic (exact) mass is 487 g/mol. The van der Waals surface area contributed by atoms with Crippen molar-refractivity contribution in [2.24, 2.45) is 5.41 Å². The Hall–Kier alpha value is -3.42. The van der Waals surface area contributed by atoms with Gasteiger partial charge in [-0.1, -0.05) is 57.2 Å². The molecule has 2 N–H and O–H groups in total. The molecule has 3 rings (SSSR count). The third kappa shape index (κ3) is 6.79. The summed E-state index contributed by atoms with van der Waals surface area (Å²) in [5, 5.41) is 13.2. The van der Waals surface area contributed by atoms with Gasteiger partial charge < -0.3 is 13.8 Å². The van der Waals surface area contributed by atoms with Crippen molar-refractivity contribution in [3.8, 4) is 11.5 Å². The van der Waals surface area contributed by atoms with Crippen molar-refractivity contribution in [1.82, 2.24) is 5.09 Å². The van der Waals surface area contributed by atoms with Crippen LogP contribution in [-0.4, -0.2) is 28.7 Å². The van der Waals surface area contributed by atoms with E-state index in [1.54, 1.807) is 12.1 Å². The van der Waals surface area contributed by atoms with Crippen LogP contribution in [0.2, 0.25) is 0 Å². The second-order valence-electron chi connectivity index (χ2n) is 8.94. The Bertz CT molecular complexity index is 1220. The standard InChI is InChI=1S/C24H28N2O7P/c1-17(23(27)31-16-24(2,3)4)25-34(30,32-20-14-12-19(13-15-20)26(28)29)33-22-11-7-9-18-8-5-6-10-21(18)22/h5-15,17H,16H2,1-4H3,(H,25,30)(H,28,29)/q+1/t17-,34+/m0/s1. The molecule has 0 saturated carbocycles. The Morgan fingerprint density at radius 2 is 1.68 bits per heavy atom. The van der Waals surface area contributed by atoms with Crippen LogP contribution in [0.25, 0.3) is 10.8 Å². The summed E-state index contributed by atoms with van der Waals surface area (Å²) >= 11 is 0. The summed E-state index contributed by atoms with van der Waals surface area (Å²) in [4.78, 5) is 23.3. The van der Waals surface area contributed by atoms with Gasteiger partial charge in [0.25, 0.3) is 4.92 Å². The Kier molecular flexibility index (Phi) is 7.59. The predicted octanol–water partition coefficient (Wildman–Crippen LogP) is 5.77. The quantitative estimate of drug-likeness (QED) is 0.222. The molecule has 0 bridgehead atoms. The lowest BCUT2D eigenvalue weighted by Gasteiger charge is -2.24. The predicted molar refractivity (Wildman–Crippen MR) is 127 cm³/mol. The van der Waals surface area contributed by atoms with Gasteiger partial charge in [0.05, 0.1) is 11.5 Å². The van der Waals surface area contributed by atoms with Gasteiger partial charge in [-0.05, 0) is 35.9 Å². The van der Waals surface area contributed by atoms with Gasteiger partial charge in [-0.2, -0.15) is 5.09 Å². The fourth-order valence-corrected chi connectivity index (χ4v) is 4.49. The summed E-state index contributed by atoms with van der Waals surface area (Å²) < 4.78 is 30.7. The first kappa shape index (κ1) is 25.2. The maximum Gasteiger partial charge on any atom is 0.513 e. The summed E-state index contributed by atoms with van der Waals surface area (Å²) in [5.74, 6) is -0.225. The third-order valence-electron chi connectivity index (χ3n) is 4.60. The molecule has 0 aliphatic carbocycles. The number of benzene rings is 3. The van der Waals surface area contributed by atoms with Gasteiger partial charge in [0.15, 0.2) is 0 Å². The molecule has 0 saturated heterocycles. The zero-order chi connectivity index (χ0) is 24.9. The minimum atomic E-state index is -4.19. The van der Waals surface area contributed by atoms with Crippen molar-refractivity contribution in [1.29, 1.82) is 0 Å². The molecule has 0 spiro atoms. The molecule has 0 fully saturated rings. The molecule has 0 aliphatic rings. The molecule has 0 radical (unpaired) electrons. The van der Waals surface area contributed by atoms with Crippen molar-refractivity contribution >= 4 is 30.2 Å². The Morgan fingerprint density at radius 3 is 2.32 bits per heavy atom. The molecule has 0 heterocycles. The molecule has 10 heteroatoms. The van der Waals surface area contributed by atoms with Gasteiger partial charge in [0, 0.05) is 17.5 Å². The van der Waals surface area contributed by atoms with E-state index in [1.807, 2.05) is 51.1 Å². The third-order valence-corrected chi connectivity index (χ3v) is 6.20. The first-order valence-electron chi connectivity index (χ1n) is 10.6. The van der Waals surface area contributed by atoms with Crippen LogP contribution in [0.3, 0.4) is 0 Å². The van der Waals surface area contributed by atoms with E-state index in [4.69, 9.17) is 19.0 Å². The molecule has 0 amide bonds. The maximum atomic E-state index is 13.8. The molecule has 34 heavy (non-hydrogen) atoms. The molecule has 3 aromatic carbocycles. The van der Waals surface area contributed by atoms with E-state index in [9.17, 15) is 14.3 Å². The van der Waals surface area contributed by atoms with Crippen LogP contribution < -0.4 is 14.1 Å². The van der Waals surface area contributed by atoms with Crippen molar-refractivity contribution in [3.05, 3.63) is 71.6 Å². The number of hydrogen-bond acceptors (Lipinski definition) is 6. The molecule has 3 aromatic rings. The smallest absolute Gasteiger partial charge is 0.464 e. The number of carbonyl (C=O) groups is 1. The zero-order valence-electron chi connectivity index (χ0n) is 19.4. The number of nitrogens with one attached hydrogen (secondary N) is 1. The summed E-state index contributed by atoms with van der Waals surface area (Å²) in [6.07, 6.45) is 0. The highest BCUT2D eigenvalue weighted by molar-refractivity contribution is 7.52. The van der Waals surface area contributed by atoms with Crippen LogP contribution in [0.15, 0.2) is 66.7 Å². The highest BCUT2D eigenvalue weighted by atomic mass is 31.2. The number of esters is 1. The van der Waals surface area contributed by atoms with Crippen LogP contribution in [0.4, 0.5) is 5.69 Å². The minimum absolute atomic E-state index is 0.0377. The van der Waals surface area contributed by atoms with Crippen molar-refractivity contribution in [2.45, 2.75) is 33.7 Å². The van der Waals surface area contributed by atoms with E-state index >= 15 is 0 Å². The Morgan fingerprint density at radius 1 is 1.03 bits per heavy atom. The SMILES string of the molecule is C[C@H](N[P@@](=O)(Oc1ccc([N+](=O)O)cc1)Oc1cccc2ccccc12)C(=O)OCC(C)(C)C. The van der Waals surface area contributed by atoms with Crippen molar-refractivity contribution < 1.29 is 33.3 Å². The number of hydrogen-bond donors (Lipinski definition) is 2. The first-order valence-corrected chi connectivity index (χ1v) is 12.2. The molecule has 180 valence electrons. The molecule has 2 atom stereocenters. The molecular weight excluding hydrogens is 459 g/mol. The lowest BCUT2D eigenvalue weighted by atomic mass is 9.99. The lowest BCUT2D eigenvalue weighted by Crippen LogP contribution is -2.37. The van der Waals surface area contributed by atoms with E-state index < -0.39 is 19.8 Å². The number of ether oxygens (including phenoxy) is 1. The molecule has 0 aromatic heterocycles. The van der Waals surface area contributed by atoms with E-state index in [0.29, 0.717) is 11.1 Å². The summed E-state index contributed by atoms with van der Waals surface area (Å²) in [6.45, 7) is 7.46. The normalized spacial score (nSPS) is 14.1. The molecular formula is C24H28N2O7P+. The second kappa shape index (κ2) is 10.2. The highest BCUT2D eigenvalue weighted by Crippen LogP contribution is 2.47. The average Bonchev–Trinajstić information content (AvgIpc) is 2.77. The minimum Gasteiger partial charge on any atom is -0.464 e. The van der Waals surface area contributed by atoms with E-state index in [0.717, 1.165) is 5.39 Å². The Labute approximate surface area is 197 Å². The largest absolute Gasteiger partial charge is 0.513 e. The molecule has 0 aliphatic heterocycles. The fourth-order valence-electron chi connectivity index (χ4n) is 2.95. The topological polar surface area (TPSA) is 114 Å². The maximum absolute atomic E-state index is 13.8. The highest BCUT2D eigenvalue weighted by Gasteiger charge is 2.35. The lowest BCUT2D eigenvalue weighted by molar-refractivity contribution is -0.729.